The van der Waals surface area contributed by atoms with Gasteiger partial charge in [0, 0.05) is 22.0 Å². The molecule has 36 heavy (non-hydrogen) atoms. The molecule has 0 saturated heterocycles. The largest absolute Gasteiger partial charge is 0.490 e. The molecule has 184 valence electrons. The minimum absolute atomic E-state index is 0.0210. The smallest absolute Gasteiger partial charge is 0.307 e. The Kier molecular flexibility index (Phi) is 8.21. The fourth-order valence-corrected chi connectivity index (χ4v) is 4.94. The number of nitro groups is 1. The molecule has 0 unspecified atom stereocenters. The molecular formula is C25H19BrIN3O6. The number of hydrazone groups is 1. The molecular weight excluding hydrogens is 645 g/mol. The van der Waals surface area contributed by atoms with Gasteiger partial charge in [0.15, 0.2) is 17.3 Å². The van der Waals surface area contributed by atoms with Crippen LogP contribution in [0.25, 0.3) is 11.0 Å². The van der Waals surface area contributed by atoms with Crippen molar-refractivity contribution >= 4 is 67.3 Å². The van der Waals surface area contributed by atoms with Gasteiger partial charge in [-0.25, -0.2) is 5.43 Å². The second-order valence-corrected chi connectivity index (χ2v) is 9.55. The van der Waals surface area contributed by atoms with Crippen LogP contribution in [0.4, 0.5) is 5.69 Å². The van der Waals surface area contributed by atoms with Crippen LogP contribution in [-0.4, -0.2) is 23.7 Å². The molecule has 9 nitrogen and oxygen atoms in total. The molecule has 0 aliphatic carbocycles. The number of benzene rings is 3. The number of fused-ring (bicyclic) bond motifs is 1. The predicted octanol–water partition coefficient (Wildman–Crippen LogP) is 6.45. The molecule has 0 aliphatic heterocycles. The Bertz CT molecular complexity index is 1450. The van der Waals surface area contributed by atoms with Crippen molar-refractivity contribution in [2.45, 2.75) is 13.5 Å². The summed E-state index contributed by atoms with van der Waals surface area (Å²) in [4.78, 5) is 22.8. The van der Waals surface area contributed by atoms with Gasteiger partial charge < -0.3 is 13.9 Å². The van der Waals surface area contributed by atoms with Crippen molar-refractivity contribution in [1.82, 2.24) is 5.43 Å². The average Bonchev–Trinajstić information content (AvgIpc) is 3.28. The van der Waals surface area contributed by atoms with Crippen LogP contribution in [0.5, 0.6) is 11.5 Å². The van der Waals surface area contributed by atoms with E-state index in [1.807, 2.05) is 19.1 Å². The number of ether oxygens (including phenoxy) is 2. The Balaban J connectivity index is 1.41. The summed E-state index contributed by atoms with van der Waals surface area (Å²) in [5.74, 6) is 0.706. The van der Waals surface area contributed by atoms with Gasteiger partial charge in [-0.2, -0.15) is 5.10 Å². The molecule has 0 fully saturated rings. The van der Waals surface area contributed by atoms with Gasteiger partial charge in [-0.05, 0) is 89.2 Å². The fourth-order valence-electron chi connectivity index (χ4n) is 3.28. The van der Waals surface area contributed by atoms with Gasteiger partial charge in [0.25, 0.3) is 5.69 Å². The van der Waals surface area contributed by atoms with E-state index in [0.717, 1.165) is 19.0 Å². The van der Waals surface area contributed by atoms with E-state index in [1.54, 1.807) is 36.4 Å². The zero-order valence-corrected chi connectivity index (χ0v) is 22.6. The van der Waals surface area contributed by atoms with Gasteiger partial charge in [-0.15, -0.1) is 0 Å². The zero-order chi connectivity index (χ0) is 25.7. The van der Waals surface area contributed by atoms with E-state index in [0.29, 0.717) is 29.3 Å². The summed E-state index contributed by atoms with van der Waals surface area (Å²) in [5.41, 5.74) is 4.60. The third-order valence-electron chi connectivity index (χ3n) is 4.95. The van der Waals surface area contributed by atoms with Crippen molar-refractivity contribution in [2.24, 2.45) is 5.10 Å². The van der Waals surface area contributed by atoms with Crippen LogP contribution in [-0.2, 0) is 6.61 Å². The fraction of sp³-hybridized carbons (Fsp3) is 0.120. The number of nitro benzene ring substituents is 1. The molecule has 0 spiro atoms. The standard InChI is InChI=1S/C25H19BrIN3O6/c1-2-34-22-9-16(5-8-21(22)35-14-15-3-6-19(7-4-15)30(32)33)13-28-29-25(31)23-11-17-10-18(26)12-20(27)24(17)36-23/h3-13H,2,14H2,1H3,(H,29,31)/b28-13-. The van der Waals surface area contributed by atoms with Crippen LogP contribution < -0.4 is 14.9 Å². The van der Waals surface area contributed by atoms with E-state index in [1.165, 1.54) is 18.3 Å². The van der Waals surface area contributed by atoms with Crippen molar-refractivity contribution in [2.75, 3.05) is 6.61 Å². The topological polar surface area (TPSA) is 116 Å². The number of carbonyl (C=O) groups excluding carboxylic acids is 1. The third kappa shape index (κ3) is 6.21. The van der Waals surface area contributed by atoms with E-state index in [9.17, 15) is 14.9 Å². The molecule has 0 bridgehead atoms. The highest BCUT2D eigenvalue weighted by Crippen LogP contribution is 2.30. The normalized spacial score (nSPS) is 11.1. The lowest BCUT2D eigenvalue weighted by molar-refractivity contribution is -0.384. The van der Waals surface area contributed by atoms with Crippen molar-refractivity contribution in [3.8, 4) is 11.5 Å². The number of nitrogens with zero attached hydrogens (tertiary/aromatic N) is 2. The molecule has 3 aromatic carbocycles. The van der Waals surface area contributed by atoms with Gasteiger partial charge >= 0.3 is 5.91 Å². The molecule has 0 atom stereocenters. The minimum Gasteiger partial charge on any atom is -0.490 e. The summed E-state index contributed by atoms with van der Waals surface area (Å²) < 4.78 is 19.0. The lowest BCUT2D eigenvalue weighted by Gasteiger charge is -2.12. The van der Waals surface area contributed by atoms with E-state index >= 15 is 0 Å². The van der Waals surface area contributed by atoms with Gasteiger partial charge in [-0.3, -0.25) is 14.9 Å². The Morgan fingerprint density at radius 3 is 2.64 bits per heavy atom. The third-order valence-corrected chi connectivity index (χ3v) is 6.21. The van der Waals surface area contributed by atoms with Gasteiger partial charge in [0.05, 0.1) is 21.3 Å². The second-order valence-electron chi connectivity index (χ2n) is 7.47. The monoisotopic (exact) mass is 663 g/mol. The average molecular weight is 664 g/mol. The highest BCUT2D eigenvalue weighted by atomic mass is 127. The first-order valence-corrected chi connectivity index (χ1v) is 12.6. The van der Waals surface area contributed by atoms with Crippen LogP contribution in [0.1, 0.15) is 28.6 Å². The first-order chi connectivity index (χ1) is 17.3. The summed E-state index contributed by atoms with van der Waals surface area (Å²) in [5, 5.41) is 15.6. The van der Waals surface area contributed by atoms with Crippen LogP contribution >= 0.6 is 38.5 Å². The van der Waals surface area contributed by atoms with E-state index in [4.69, 9.17) is 13.9 Å². The maximum atomic E-state index is 12.5. The Morgan fingerprint density at radius 2 is 1.92 bits per heavy atom. The molecule has 1 aromatic heterocycles. The lowest BCUT2D eigenvalue weighted by Crippen LogP contribution is -2.16. The summed E-state index contributed by atoms with van der Waals surface area (Å²) in [6.45, 7) is 2.49. The number of amides is 1. The summed E-state index contributed by atoms with van der Waals surface area (Å²) in [6, 6.07) is 16.8. The Hall–Kier alpha value is -3.45. The zero-order valence-electron chi connectivity index (χ0n) is 18.9. The Morgan fingerprint density at radius 1 is 1.14 bits per heavy atom. The summed E-state index contributed by atoms with van der Waals surface area (Å²) in [6.07, 6.45) is 1.49. The van der Waals surface area contributed by atoms with Crippen molar-refractivity contribution < 1.29 is 23.6 Å². The molecule has 1 N–H and O–H groups in total. The van der Waals surface area contributed by atoms with Crippen molar-refractivity contribution in [1.29, 1.82) is 0 Å². The molecule has 0 radical (unpaired) electrons. The van der Waals surface area contributed by atoms with Crippen LogP contribution in [0, 0.1) is 13.7 Å². The minimum atomic E-state index is -0.470. The Labute approximate surface area is 227 Å². The molecule has 4 rings (SSSR count). The molecule has 11 heteroatoms. The highest BCUT2D eigenvalue weighted by Gasteiger charge is 2.14. The highest BCUT2D eigenvalue weighted by molar-refractivity contribution is 14.1. The van der Waals surface area contributed by atoms with Crippen molar-refractivity contribution in [3.05, 3.63) is 95.7 Å². The number of nitrogens with one attached hydrogen (secondary N) is 1. The number of non-ortho nitro benzene ring substituents is 1. The first kappa shape index (κ1) is 25.6. The molecule has 1 heterocycles. The molecule has 4 aromatic rings. The number of carbonyl (C=O) groups is 1. The quantitative estimate of drug-likeness (QED) is 0.0952. The maximum Gasteiger partial charge on any atom is 0.307 e. The number of furan rings is 1. The first-order valence-electron chi connectivity index (χ1n) is 10.7. The van der Waals surface area contributed by atoms with Crippen LogP contribution in [0.15, 0.2) is 74.7 Å². The molecule has 0 aliphatic rings. The predicted molar refractivity (Wildman–Crippen MR) is 147 cm³/mol. The van der Waals surface area contributed by atoms with Gasteiger partial charge in [0.1, 0.15) is 12.2 Å². The van der Waals surface area contributed by atoms with E-state index in [-0.39, 0.29) is 18.1 Å². The lowest BCUT2D eigenvalue weighted by atomic mass is 10.2. The summed E-state index contributed by atoms with van der Waals surface area (Å²) in [7, 11) is 0. The molecule has 1 amide bonds. The maximum absolute atomic E-state index is 12.5. The van der Waals surface area contributed by atoms with Gasteiger partial charge in [-0.1, -0.05) is 15.9 Å². The number of halogens is 2. The van der Waals surface area contributed by atoms with Crippen LogP contribution in [0.3, 0.4) is 0 Å². The number of rotatable bonds is 9. The summed E-state index contributed by atoms with van der Waals surface area (Å²) >= 11 is 5.59. The number of hydrogen-bond acceptors (Lipinski definition) is 7. The SMILES string of the molecule is CCOc1cc(/C=N\NC(=O)c2cc3cc(Br)cc(I)c3o2)ccc1OCc1ccc([N+](=O)[O-])cc1. The van der Waals surface area contributed by atoms with E-state index < -0.39 is 10.8 Å². The number of hydrogen-bond donors (Lipinski definition) is 1. The van der Waals surface area contributed by atoms with Crippen molar-refractivity contribution in [3.63, 3.8) is 0 Å². The van der Waals surface area contributed by atoms with E-state index in [2.05, 4.69) is 49.0 Å². The van der Waals surface area contributed by atoms with Gasteiger partial charge in [0.2, 0.25) is 0 Å². The molecule has 0 saturated carbocycles. The van der Waals surface area contributed by atoms with Crippen LogP contribution in [0.2, 0.25) is 0 Å². The second kappa shape index (κ2) is 11.5.